The lowest BCUT2D eigenvalue weighted by Gasteiger charge is -2.39. The second-order valence-electron chi connectivity index (χ2n) is 4.56. The molecular weight excluding hydrogens is 176 g/mol. The number of rotatable bonds is 4. The molecule has 0 atom stereocenters. The fraction of sp³-hybridized carbons (Fsp3) is 1.00. The monoisotopic (exact) mass is 200 g/mol. The summed E-state index contributed by atoms with van der Waals surface area (Å²) in [5, 5.41) is 13.2. The minimum absolute atomic E-state index is 0.445. The average molecular weight is 200 g/mol. The van der Waals surface area contributed by atoms with Crippen molar-refractivity contribution >= 4 is 0 Å². The maximum absolute atomic E-state index is 10.2. The molecule has 2 N–H and O–H groups in total. The topological polar surface area (TPSA) is 35.5 Å². The number of nitrogens with one attached hydrogen (secondary N) is 1. The van der Waals surface area contributed by atoms with Crippen molar-refractivity contribution in [3.8, 4) is 0 Å². The molecule has 1 aliphatic rings. The lowest BCUT2D eigenvalue weighted by molar-refractivity contribution is -0.0140. The standard InChI is InChI=1S/C11H24N2O/c1-4-13(3)10-5-7-11(14,8-6-10)9-12-2/h10,12,14H,4-9H2,1-3H3. The molecule has 84 valence electrons. The van der Waals surface area contributed by atoms with Gasteiger partial charge in [0.15, 0.2) is 0 Å². The van der Waals surface area contributed by atoms with Gasteiger partial charge in [-0.25, -0.2) is 0 Å². The molecular formula is C11H24N2O. The Morgan fingerprint density at radius 3 is 2.43 bits per heavy atom. The summed E-state index contributed by atoms with van der Waals surface area (Å²) in [7, 11) is 4.08. The van der Waals surface area contributed by atoms with Crippen molar-refractivity contribution in [2.75, 3.05) is 27.2 Å². The Kier molecular flexibility index (Phi) is 4.35. The van der Waals surface area contributed by atoms with Crippen LogP contribution in [0.2, 0.25) is 0 Å². The summed E-state index contributed by atoms with van der Waals surface area (Å²) in [5.41, 5.74) is -0.445. The third kappa shape index (κ3) is 2.94. The molecule has 0 radical (unpaired) electrons. The molecule has 1 fully saturated rings. The van der Waals surface area contributed by atoms with E-state index in [1.807, 2.05) is 7.05 Å². The summed E-state index contributed by atoms with van der Waals surface area (Å²) in [5.74, 6) is 0. The molecule has 3 nitrogen and oxygen atoms in total. The van der Waals surface area contributed by atoms with Crippen molar-refractivity contribution in [1.82, 2.24) is 10.2 Å². The predicted octanol–water partition coefficient (Wildman–Crippen LogP) is 0.831. The molecule has 0 aromatic rings. The Bertz CT molecular complexity index is 165. The first-order valence-electron chi connectivity index (χ1n) is 5.68. The zero-order valence-corrected chi connectivity index (χ0v) is 9.71. The van der Waals surface area contributed by atoms with Gasteiger partial charge in [-0.05, 0) is 46.3 Å². The van der Waals surface area contributed by atoms with Crippen LogP contribution in [0.25, 0.3) is 0 Å². The quantitative estimate of drug-likeness (QED) is 0.705. The van der Waals surface area contributed by atoms with Crippen LogP contribution < -0.4 is 5.32 Å². The highest BCUT2D eigenvalue weighted by Crippen LogP contribution is 2.29. The molecule has 3 heteroatoms. The zero-order chi connectivity index (χ0) is 10.6. The molecule has 0 saturated heterocycles. The van der Waals surface area contributed by atoms with E-state index in [9.17, 15) is 5.11 Å². The molecule has 0 spiro atoms. The number of hydrogen-bond donors (Lipinski definition) is 2. The van der Waals surface area contributed by atoms with E-state index in [2.05, 4.69) is 24.2 Å². The van der Waals surface area contributed by atoms with E-state index >= 15 is 0 Å². The van der Waals surface area contributed by atoms with Crippen LogP contribution >= 0.6 is 0 Å². The van der Waals surface area contributed by atoms with Crippen LogP contribution in [0.15, 0.2) is 0 Å². The first-order valence-corrected chi connectivity index (χ1v) is 5.68. The molecule has 1 aliphatic carbocycles. The SMILES string of the molecule is CCN(C)C1CCC(O)(CNC)CC1. The summed E-state index contributed by atoms with van der Waals surface area (Å²) in [6, 6.07) is 0.678. The van der Waals surface area contributed by atoms with Crippen LogP contribution in [0, 0.1) is 0 Å². The maximum atomic E-state index is 10.2. The Balaban J connectivity index is 2.37. The molecule has 1 rings (SSSR count). The van der Waals surface area contributed by atoms with E-state index in [-0.39, 0.29) is 0 Å². The van der Waals surface area contributed by atoms with Crippen LogP contribution in [0.4, 0.5) is 0 Å². The molecule has 14 heavy (non-hydrogen) atoms. The van der Waals surface area contributed by atoms with Gasteiger partial charge >= 0.3 is 0 Å². The number of likely N-dealkylation sites (N-methyl/N-ethyl adjacent to an activating group) is 1. The smallest absolute Gasteiger partial charge is 0.0772 e. The van der Waals surface area contributed by atoms with E-state index in [4.69, 9.17) is 0 Å². The third-order valence-electron chi connectivity index (χ3n) is 3.51. The van der Waals surface area contributed by atoms with Gasteiger partial charge in [0, 0.05) is 12.6 Å². The summed E-state index contributed by atoms with van der Waals surface area (Å²) < 4.78 is 0. The highest BCUT2D eigenvalue weighted by molar-refractivity contribution is 4.89. The summed E-state index contributed by atoms with van der Waals surface area (Å²) >= 11 is 0. The second-order valence-corrected chi connectivity index (χ2v) is 4.56. The molecule has 0 aromatic heterocycles. The van der Waals surface area contributed by atoms with Crippen molar-refractivity contribution < 1.29 is 5.11 Å². The van der Waals surface area contributed by atoms with Crippen LogP contribution in [0.1, 0.15) is 32.6 Å². The van der Waals surface area contributed by atoms with Gasteiger partial charge in [0.1, 0.15) is 0 Å². The summed E-state index contributed by atoms with van der Waals surface area (Å²) in [6.45, 7) is 4.03. The lowest BCUT2D eigenvalue weighted by atomic mass is 9.81. The predicted molar refractivity (Wildman–Crippen MR) is 59.4 cm³/mol. The maximum Gasteiger partial charge on any atom is 0.0772 e. The van der Waals surface area contributed by atoms with Crippen LogP contribution in [-0.2, 0) is 0 Å². The normalized spacial score (nSPS) is 33.6. The van der Waals surface area contributed by atoms with Gasteiger partial charge in [-0.3, -0.25) is 0 Å². The zero-order valence-electron chi connectivity index (χ0n) is 9.71. The summed E-state index contributed by atoms with van der Waals surface area (Å²) in [4.78, 5) is 2.39. The number of aliphatic hydroxyl groups is 1. The first-order chi connectivity index (χ1) is 6.61. The van der Waals surface area contributed by atoms with Gasteiger partial charge in [0.05, 0.1) is 5.60 Å². The van der Waals surface area contributed by atoms with Crippen molar-refractivity contribution in [1.29, 1.82) is 0 Å². The largest absolute Gasteiger partial charge is 0.389 e. The molecule has 0 unspecified atom stereocenters. The van der Waals surface area contributed by atoms with E-state index in [1.54, 1.807) is 0 Å². The van der Waals surface area contributed by atoms with E-state index in [0.717, 1.165) is 38.8 Å². The molecule has 0 aromatic carbocycles. The minimum atomic E-state index is -0.445. The Morgan fingerprint density at radius 1 is 1.43 bits per heavy atom. The van der Waals surface area contributed by atoms with E-state index in [0.29, 0.717) is 6.04 Å². The fourth-order valence-electron chi connectivity index (χ4n) is 2.34. The molecule has 1 saturated carbocycles. The third-order valence-corrected chi connectivity index (χ3v) is 3.51. The molecule has 0 amide bonds. The summed E-state index contributed by atoms with van der Waals surface area (Å²) in [6.07, 6.45) is 4.12. The van der Waals surface area contributed by atoms with Gasteiger partial charge in [-0.1, -0.05) is 6.92 Å². The van der Waals surface area contributed by atoms with Gasteiger partial charge in [0.2, 0.25) is 0 Å². The van der Waals surface area contributed by atoms with Crippen molar-refractivity contribution in [2.24, 2.45) is 0 Å². The number of hydrogen-bond acceptors (Lipinski definition) is 3. The van der Waals surface area contributed by atoms with Crippen LogP contribution in [0.5, 0.6) is 0 Å². The van der Waals surface area contributed by atoms with Gasteiger partial charge in [0.25, 0.3) is 0 Å². The van der Waals surface area contributed by atoms with Gasteiger partial charge in [-0.2, -0.15) is 0 Å². The average Bonchev–Trinajstić information content (AvgIpc) is 2.18. The van der Waals surface area contributed by atoms with Crippen LogP contribution in [0.3, 0.4) is 0 Å². The number of nitrogens with zero attached hydrogens (tertiary/aromatic N) is 1. The Labute approximate surface area is 87.5 Å². The lowest BCUT2D eigenvalue weighted by Crippen LogP contribution is -2.46. The Hall–Kier alpha value is -0.120. The fourth-order valence-corrected chi connectivity index (χ4v) is 2.34. The second kappa shape index (κ2) is 5.10. The minimum Gasteiger partial charge on any atom is -0.389 e. The highest BCUT2D eigenvalue weighted by atomic mass is 16.3. The molecule has 0 heterocycles. The molecule has 0 bridgehead atoms. The highest BCUT2D eigenvalue weighted by Gasteiger charge is 2.33. The molecule has 0 aliphatic heterocycles. The van der Waals surface area contributed by atoms with Crippen molar-refractivity contribution in [2.45, 2.75) is 44.2 Å². The van der Waals surface area contributed by atoms with Crippen LogP contribution in [-0.4, -0.2) is 48.8 Å². The van der Waals surface area contributed by atoms with Gasteiger partial charge < -0.3 is 15.3 Å². The van der Waals surface area contributed by atoms with E-state index in [1.165, 1.54) is 0 Å². The van der Waals surface area contributed by atoms with E-state index < -0.39 is 5.60 Å². The van der Waals surface area contributed by atoms with Gasteiger partial charge in [-0.15, -0.1) is 0 Å². The van der Waals surface area contributed by atoms with Crippen molar-refractivity contribution in [3.05, 3.63) is 0 Å². The Morgan fingerprint density at radius 2 is 2.00 bits per heavy atom. The van der Waals surface area contributed by atoms with Crippen molar-refractivity contribution in [3.63, 3.8) is 0 Å². The first kappa shape index (κ1) is 12.0.